The van der Waals surface area contributed by atoms with Crippen molar-refractivity contribution in [3.05, 3.63) is 34.5 Å². The van der Waals surface area contributed by atoms with Gasteiger partial charge in [-0.2, -0.15) is 0 Å². The second-order valence-electron chi connectivity index (χ2n) is 5.99. The van der Waals surface area contributed by atoms with Crippen LogP contribution in [0.2, 0.25) is 5.02 Å². The molecule has 126 valence electrons. The normalized spacial score (nSPS) is 15.7. The summed E-state index contributed by atoms with van der Waals surface area (Å²) in [7, 11) is 1.97. The smallest absolute Gasteiger partial charge is 0.289 e. The first-order valence-corrected chi connectivity index (χ1v) is 8.10. The Hall–Kier alpha value is -1.23. The van der Waals surface area contributed by atoms with Gasteiger partial charge in [0.1, 0.15) is 5.58 Å². The minimum atomic E-state index is -0.00673. The molecule has 0 atom stereocenters. The fourth-order valence-corrected chi connectivity index (χ4v) is 3.34. The van der Waals surface area contributed by atoms with E-state index in [9.17, 15) is 4.79 Å². The van der Waals surface area contributed by atoms with Crippen LogP contribution in [0.15, 0.2) is 22.6 Å². The quantitative estimate of drug-likeness (QED) is 0.907. The number of likely N-dealkylation sites (tertiary alicyclic amines) is 1. The maximum Gasteiger partial charge on any atom is 0.289 e. The number of nitrogens with zero attached hydrogens (tertiary/aromatic N) is 1. The molecule has 6 heteroatoms. The third kappa shape index (κ3) is 3.65. The lowest BCUT2D eigenvalue weighted by Crippen LogP contribution is -2.40. The molecule has 1 fully saturated rings. The van der Waals surface area contributed by atoms with Crippen molar-refractivity contribution in [2.75, 3.05) is 26.7 Å². The van der Waals surface area contributed by atoms with Crippen molar-refractivity contribution in [1.29, 1.82) is 0 Å². The van der Waals surface area contributed by atoms with E-state index in [1.807, 2.05) is 31.0 Å². The van der Waals surface area contributed by atoms with E-state index >= 15 is 0 Å². The fourth-order valence-electron chi connectivity index (χ4n) is 3.17. The molecular formula is C17H22Cl2N2O2. The number of furan rings is 1. The lowest BCUT2D eigenvalue weighted by Gasteiger charge is -2.31. The Bertz CT molecular complexity index is 691. The van der Waals surface area contributed by atoms with E-state index < -0.39 is 0 Å². The highest BCUT2D eigenvalue weighted by Gasteiger charge is 2.27. The number of benzene rings is 1. The minimum absolute atomic E-state index is 0. The van der Waals surface area contributed by atoms with Crippen LogP contribution < -0.4 is 5.32 Å². The Labute approximate surface area is 147 Å². The molecule has 4 nitrogen and oxygen atoms in total. The largest absolute Gasteiger partial charge is 0.451 e. The molecule has 1 amide bonds. The summed E-state index contributed by atoms with van der Waals surface area (Å²) in [5.74, 6) is 1.10. The van der Waals surface area contributed by atoms with Crippen LogP contribution in [0, 0.1) is 12.8 Å². The van der Waals surface area contributed by atoms with Gasteiger partial charge in [0.2, 0.25) is 0 Å². The van der Waals surface area contributed by atoms with E-state index in [4.69, 9.17) is 16.0 Å². The molecule has 0 unspecified atom stereocenters. The predicted molar refractivity (Wildman–Crippen MR) is 95.8 cm³/mol. The molecule has 0 radical (unpaired) electrons. The Balaban J connectivity index is 0.00000192. The van der Waals surface area contributed by atoms with E-state index in [1.54, 1.807) is 6.07 Å². The van der Waals surface area contributed by atoms with Crippen LogP contribution in [0.3, 0.4) is 0 Å². The Morgan fingerprint density at radius 3 is 2.74 bits per heavy atom. The van der Waals surface area contributed by atoms with Crippen LogP contribution in [0.4, 0.5) is 0 Å². The van der Waals surface area contributed by atoms with E-state index in [2.05, 4.69) is 5.32 Å². The minimum Gasteiger partial charge on any atom is -0.451 e. The third-order valence-electron chi connectivity index (χ3n) is 4.49. The standard InChI is InChI=1S/C17H21ClN2O2.ClH/c1-11-14-9-13(18)3-4-15(14)22-16(11)17(21)20-7-5-12(6-8-20)10-19-2;/h3-4,9,12,19H,5-8,10H2,1-2H3;1H. The summed E-state index contributed by atoms with van der Waals surface area (Å²) in [5, 5.41) is 4.78. The molecule has 3 rings (SSSR count). The summed E-state index contributed by atoms with van der Waals surface area (Å²) < 4.78 is 5.78. The van der Waals surface area contributed by atoms with Crippen LogP contribution >= 0.6 is 24.0 Å². The molecular weight excluding hydrogens is 335 g/mol. The first kappa shape index (κ1) is 18.1. The predicted octanol–water partition coefficient (Wildman–Crippen LogP) is 3.89. The lowest BCUT2D eigenvalue weighted by molar-refractivity contribution is 0.0660. The topological polar surface area (TPSA) is 45.5 Å². The van der Waals surface area contributed by atoms with Crippen LogP contribution in [-0.4, -0.2) is 37.5 Å². The maximum absolute atomic E-state index is 12.7. The summed E-state index contributed by atoms with van der Waals surface area (Å²) in [6.07, 6.45) is 2.08. The van der Waals surface area contributed by atoms with Crippen LogP contribution in [0.25, 0.3) is 11.0 Å². The summed E-state index contributed by atoms with van der Waals surface area (Å²) in [6.45, 7) is 4.53. The number of halogens is 2. The summed E-state index contributed by atoms with van der Waals surface area (Å²) in [5.41, 5.74) is 1.59. The molecule has 0 saturated carbocycles. The summed E-state index contributed by atoms with van der Waals surface area (Å²) in [4.78, 5) is 14.6. The highest BCUT2D eigenvalue weighted by Crippen LogP contribution is 2.29. The molecule has 0 bridgehead atoms. The molecule has 2 aromatic rings. The van der Waals surface area contributed by atoms with Crippen LogP contribution in [0.1, 0.15) is 29.0 Å². The Morgan fingerprint density at radius 2 is 2.09 bits per heavy atom. The zero-order valence-electron chi connectivity index (χ0n) is 13.4. The van der Waals surface area contributed by atoms with Gasteiger partial charge in [-0.3, -0.25) is 4.79 Å². The first-order valence-electron chi connectivity index (χ1n) is 7.72. The van der Waals surface area contributed by atoms with Gasteiger partial charge in [-0.25, -0.2) is 0 Å². The van der Waals surface area contributed by atoms with E-state index in [0.29, 0.717) is 16.7 Å². The zero-order chi connectivity index (χ0) is 15.7. The van der Waals surface area contributed by atoms with Gasteiger partial charge in [-0.05, 0) is 57.5 Å². The number of hydrogen-bond donors (Lipinski definition) is 1. The van der Waals surface area contributed by atoms with Crippen LogP contribution in [0.5, 0.6) is 0 Å². The number of fused-ring (bicyclic) bond motifs is 1. The van der Waals surface area contributed by atoms with E-state index in [0.717, 1.165) is 49.0 Å². The molecule has 1 aliphatic heterocycles. The van der Waals surface area contributed by atoms with Gasteiger partial charge in [0.05, 0.1) is 0 Å². The van der Waals surface area contributed by atoms with Gasteiger partial charge in [-0.15, -0.1) is 12.4 Å². The van der Waals surface area contributed by atoms with Crippen molar-refractivity contribution in [3.8, 4) is 0 Å². The van der Waals surface area contributed by atoms with E-state index in [1.165, 1.54) is 0 Å². The molecule has 1 aromatic carbocycles. The third-order valence-corrected chi connectivity index (χ3v) is 4.72. The lowest BCUT2D eigenvalue weighted by atomic mass is 9.96. The molecule has 23 heavy (non-hydrogen) atoms. The second kappa shape index (κ2) is 7.56. The van der Waals surface area contributed by atoms with Crippen molar-refractivity contribution < 1.29 is 9.21 Å². The van der Waals surface area contributed by atoms with Crippen molar-refractivity contribution in [2.45, 2.75) is 19.8 Å². The maximum atomic E-state index is 12.7. The number of rotatable bonds is 3. The molecule has 1 N–H and O–H groups in total. The molecule has 1 aliphatic rings. The molecule has 0 aliphatic carbocycles. The molecule has 1 saturated heterocycles. The van der Waals surface area contributed by atoms with E-state index in [-0.39, 0.29) is 18.3 Å². The first-order chi connectivity index (χ1) is 10.6. The number of carbonyl (C=O) groups excluding carboxylic acids is 1. The average molecular weight is 357 g/mol. The number of hydrogen-bond acceptors (Lipinski definition) is 3. The number of nitrogens with one attached hydrogen (secondary N) is 1. The molecule has 1 aromatic heterocycles. The number of piperidine rings is 1. The summed E-state index contributed by atoms with van der Waals surface area (Å²) in [6, 6.07) is 5.45. The molecule has 0 spiro atoms. The van der Waals surface area contributed by atoms with Gasteiger partial charge in [0.15, 0.2) is 5.76 Å². The monoisotopic (exact) mass is 356 g/mol. The van der Waals surface area contributed by atoms with Gasteiger partial charge in [-0.1, -0.05) is 11.6 Å². The van der Waals surface area contributed by atoms with Crippen molar-refractivity contribution >= 4 is 40.9 Å². The highest BCUT2D eigenvalue weighted by atomic mass is 35.5. The van der Waals surface area contributed by atoms with Crippen molar-refractivity contribution in [3.63, 3.8) is 0 Å². The Kier molecular flexibility index (Phi) is 5.95. The fraction of sp³-hybridized carbons (Fsp3) is 0.471. The van der Waals surface area contributed by atoms with Crippen LogP contribution in [-0.2, 0) is 0 Å². The van der Waals surface area contributed by atoms with Gasteiger partial charge < -0.3 is 14.6 Å². The number of carbonyl (C=O) groups is 1. The van der Waals surface area contributed by atoms with Crippen molar-refractivity contribution in [2.24, 2.45) is 5.92 Å². The SMILES string of the molecule is CNCC1CCN(C(=O)c2oc3ccc(Cl)cc3c2C)CC1.Cl. The zero-order valence-corrected chi connectivity index (χ0v) is 15.0. The van der Waals surface area contributed by atoms with Crippen molar-refractivity contribution in [1.82, 2.24) is 10.2 Å². The van der Waals surface area contributed by atoms with Gasteiger partial charge >= 0.3 is 0 Å². The number of amides is 1. The van der Waals surface area contributed by atoms with Gasteiger partial charge in [0.25, 0.3) is 5.91 Å². The molecule has 2 heterocycles. The Morgan fingerprint density at radius 1 is 1.39 bits per heavy atom. The average Bonchev–Trinajstić information content (AvgIpc) is 2.84. The summed E-state index contributed by atoms with van der Waals surface area (Å²) >= 11 is 6.03. The highest BCUT2D eigenvalue weighted by molar-refractivity contribution is 6.31. The number of aryl methyl sites for hydroxylation is 1. The second-order valence-corrected chi connectivity index (χ2v) is 6.43. The van der Waals surface area contributed by atoms with Gasteiger partial charge in [0, 0.05) is 29.1 Å².